The maximum Gasteiger partial charge on any atom is 0.338 e. The summed E-state index contributed by atoms with van der Waals surface area (Å²) in [6.45, 7) is 0. The fourth-order valence-electron chi connectivity index (χ4n) is 1.31. The number of rotatable bonds is 2. The molecule has 2 aromatic rings. The maximum absolute atomic E-state index is 13.1. The number of hydrogen-bond donors (Lipinski definition) is 1. The molecule has 2 rings (SSSR count). The van der Waals surface area contributed by atoms with Crippen molar-refractivity contribution in [1.82, 2.24) is 0 Å². The van der Waals surface area contributed by atoms with Crippen LogP contribution in [0.3, 0.4) is 0 Å². The first-order valence-electron chi connectivity index (χ1n) is 4.36. The zero-order chi connectivity index (χ0) is 11.7. The number of aromatic carboxylic acids is 1. The Morgan fingerprint density at radius 3 is 2.62 bits per heavy atom. The number of carbonyl (C=O) groups is 1. The van der Waals surface area contributed by atoms with E-state index in [1.54, 1.807) is 12.1 Å². The normalized spacial score (nSPS) is 10.4. The summed E-state index contributed by atoms with van der Waals surface area (Å²) in [5.74, 6) is -2.01. The van der Waals surface area contributed by atoms with Crippen LogP contribution >= 0.6 is 22.9 Å². The molecule has 0 amide bonds. The minimum absolute atomic E-state index is 0.331. The summed E-state index contributed by atoms with van der Waals surface area (Å²) in [4.78, 5) is 11.6. The Balaban J connectivity index is 2.51. The van der Waals surface area contributed by atoms with Gasteiger partial charge in [-0.1, -0.05) is 17.7 Å². The van der Waals surface area contributed by atoms with Gasteiger partial charge < -0.3 is 5.11 Å². The van der Waals surface area contributed by atoms with Gasteiger partial charge in [0.25, 0.3) is 0 Å². The van der Waals surface area contributed by atoms with E-state index in [9.17, 15) is 9.18 Å². The lowest BCUT2D eigenvalue weighted by Crippen LogP contribution is -2.00. The third-order valence-corrected chi connectivity index (χ3v) is 3.33. The van der Waals surface area contributed by atoms with Crippen molar-refractivity contribution in [2.75, 3.05) is 0 Å². The number of halogens is 2. The molecule has 0 radical (unpaired) electrons. The summed E-state index contributed by atoms with van der Waals surface area (Å²) >= 11 is 7.09. The Bertz CT molecular complexity index is 551. The SMILES string of the molecule is O=C(O)c1cc(-c2ccc(Cl)s2)ccc1F. The van der Waals surface area contributed by atoms with E-state index in [2.05, 4.69) is 0 Å². The van der Waals surface area contributed by atoms with Crippen LogP contribution in [-0.2, 0) is 0 Å². The molecule has 82 valence electrons. The topological polar surface area (TPSA) is 37.3 Å². The van der Waals surface area contributed by atoms with Crippen LogP contribution in [0.1, 0.15) is 10.4 Å². The second-order valence-corrected chi connectivity index (χ2v) is 4.82. The fourth-order valence-corrected chi connectivity index (χ4v) is 2.35. The van der Waals surface area contributed by atoms with Crippen LogP contribution in [0.5, 0.6) is 0 Å². The van der Waals surface area contributed by atoms with Crippen molar-refractivity contribution in [3.8, 4) is 10.4 Å². The van der Waals surface area contributed by atoms with Crippen molar-refractivity contribution in [3.63, 3.8) is 0 Å². The van der Waals surface area contributed by atoms with Crippen molar-refractivity contribution >= 4 is 28.9 Å². The first-order chi connectivity index (χ1) is 7.58. The number of carboxylic acid groups (broad SMARTS) is 1. The molecular weight excluding hydrogens is 251 g/mol. The van der Waals surface area contributed by atoms with Gasteiger partial charge >= 0.3 is 5.97 Å². The van der Waals surface area contributed by atoms with Crippen molar-refractivity contribution in [1.29, 1.82) is 0 Å². The van der Waals surface area contributed by atoms with Gasteiger partial charge in [0.1, 0.15) is 5.82 Å². The molecule has 0 saturated heterocycles. The second kappa shape index (κ2) is 4.23. The largest absolute Gasteiger partial charge is 0.478 e. The molecule has 5 heteroatoms. The molecule has 1 heterocycles. The van der Waals surface area contributed by atoms with Gasteiger partial charge in [0, 0.05) is 4.88 Å². The van der Waals surface area contributed by atoms with Crippen LogP contribution in [0, 0.1) is 5.82 Å². The van der Waals surface area contributed by atoms with E-state index in [-0.39, 0.29) is 5.56 Å². The number of benzene rings is 1. The molecule has 0 aliphatic carbocycles. The lowest BCUT2D eigenvalue weighted by Gasteiger charge is -2.01. The first-order valence-corrected chi connectivity index (χ1v) is 5.56. The van der Waals surface area contributed by atoms with Gasteiger partial charge in [-0.25, -0.2) is 9.18 Å². The Hall–Kier alpha value is -1.39. The van der Waals surface area contributed by atoms with E-state index in [1.165, 1.54) is 23.5 Å². The summed E-state index contributed by atoms with van der Waals surface area (Å²) in [5.41, 5.74) is 0.317. The molecule has 0 aliphatic heterocycles. The van der Waals surface area contributed by atoms with Crippen molar-refractivity contribution in [2.24, 2.45) is 0 Å². The van der Waals surface area contributed by atoms with E-state index in [0.717, 1.165) is 10.9 Å². The van der Waals surface area contributed by atoms with E-state index in [1.807, 2.05) is 0 Å². The predicted octanol–water partition coefficient (Wildman–Crippen LogP) is 3.91. The Labute approximate surface area is 99.9 Å². The molecule has 1 aromatic heterocycles. The molecule has 0 atom stereocenters. The average molecular weight is 257 g/mol. The lowest BCUT2D eigenvalue weighted by atomic mass is 10.1. The Morgan fingerprint density at radius 1 is 1.31 bits per heavy atom. The smallest absolute Gasteiger partial charge is 0.338 e. The molecule has 0 bridgehead atoms. The van der Waals surface area contributed by atoms with Crippen molar-refractivity contribution < 1.29 is 14.3 Å². The average Bonchev–Trinajstić information content (AvgIpc) is 2.65. The van der Waals surface area contributed by atoms with Gasteiger partial charge in [-0.2, -0.15) is 0 Å². The Morgan fingerprint density at radius 2 is 2.06 bits per heavy atom. The Kier molecular flexibility index (Phi) is 2.94. The zero-order valence-corrected chi connectivity index (χ0v) is 9.48. The number of hydrogen-bond acceptors (Lipinski definition) is 2. The van der Waals surface area contributed by atoms with E-state index < -0.39 is 11.8 Å². The summed E-state index contributed by atoms with van der Waals surface area (Å²) in [6.07, 6.45) is 0. The van der Waals surface area contributed by atoms with E-state index in [0.29, 0.717) is 9.90 Å². The van der Waals surface area contributed by atoms with Crippen molar-refractivity contribution in [2.45, 2.75) is 0 Å². The van der Waals surface area contributed by atoms with Gasteiger partial charge in [0.15, 0.2) is 0 Å². The molecule has 0 saturated carbocycles. The maximum atomic E-state index is 13.1. The zero-order valence-electron chi connectivity index (χ0n) is 7.91. The molecule has 0 aliphatic rings. The van der Waals surface area contributed by atoms with Crippen LogP contribution in [0.15, 0.2) is 30.3 Å². The first kappa shape index (κ1) is 11.1. The molecule has 0 fully saturated rings. The molecule has 1 aromatic carbocycles. The fraction of sp³-hybridized carbons (Fsp3) is 0. The van der Waals surface area contributed by atoms with Gasteiger partial charge in [0.2, 0.25) is 0 Å². The molecule has 16 heavy (non-hydrogen) atoms. The molecule has 0 spiro atoms. The van der Waals surface area contributed by atoms with Crippen LogP contribution in [0.4, 0.5) is 4.39 Å². The van der Waals surface area contributed by atoms with Crippen molar-refractivity contribution in [3.05, 3.63) is 46.0 Å². The summed E-state index contributed by atoms with van der Waals surface area (Å²) in [7, 11) is 0. The molecular formula is C11H6ClFO2S. The highest BCUT2D eigenvalue weighted by atomic mass is 35.5. The molecule has 0 unspecified atom stereocenters. The highest BCUT2D eigenvalue weighted by Gasteiger charge is 2.12. The minimum atomic E-state index is -1.28. The second-order valence-electron chi connectivity index (χ2n) is 3.10. The van der Waals surface area contributed by atoms with Gasteiger partial charge in [-0.05, 0) is 29.8 Å². The van der Waals surface area contributed by atoms with E-state index >= 15 is 0 Å². The quantitative estimate of drug-likeness (QED) is 0.885. The summed E-state index contributed by atoms with van der Waals surface area (Å²) in [5, 5.41) is 8.78. The third kappa shape index (κ3) is 2.08. The van der Waals surface area contributed by atoms with Crippen LogP contribution < -0.4 is 0 Å². The third-order valence-electron chi connectivity index (χ3n) is 2.05. The monoisotopic (exact) mass is 256 g/mol. The number of thiophene rings is 1. The van der Waals surface area contributed by atoms with Crippen LogP contribution in [-0.4, -0.2) is 11.1 Å². The summed E-state index contributed by atoms with van der Waals surface area (Å²) < 4.78 is 13.7. The molecule has 1 N–H and O–H groups in total. The highest BCUT2D eigenvalue weighted by Crippen LogP contribution is 2.31. The minimum Gasteiger partial charge on any atom is -0.478 e. The summed E-state index contributed by atoms with van der Waals surface area (Å²) in [6, 6.07) is 7.47. The number of carboxylic acids is 1. The standard InChI is InChI=1S/C11H6ClFO2S/c12-10-4-3-9(16-10)6-1-2-8(13)7(5-6)11(14)15/h1-5H,(H,14,15). The van der Waals surface area contributed by atoms with E-state index in [4.69, 9.17) is 16.7 Å². The van der Waals surface area contributed by atoms with Gasteiger partial charge in [-0.3, -0.25) is 0 Å². The van der Waals surface area contributed by atoms with Gasteiger partial charge in [-0.15, -0.1) is 11.3 Å². The molecule has 2 nitrogen and oxygen atoms in total. The lowest BCUT2D eigenvalue weighted by molar-refractivity contribution is 0.0692. The van der Waals surface area contributed by atoms with Crippen LogP contribution in [0.2, 0.25) is 4.34 Å². The van der Waals surface area contributed by atoms with Crippen LogP contribution in [0.25, 0.3) is 10.4 Å². The predicted molar refractivity (Wildman–Crippen MR) is 61.7 cm³/mol. The van der Waals surface area contributed by atoms with Gasteiger partial charge in [0.05, 0.1) is 9.90 Å². The highest BCUT2D eigenvalue weighted by molar-refractivity contribution is 7.19.